The second-order valence-electron chi connectivity index (χ2n) is 6.87. The van der Waals surface area contributed by atoms with E-state index in [9.17, 15) is 14.7 Å². The van der Waals surface area contributed by atoms with E-state index in [4.69, 9.17) is 9.47 Å². The molecule has 7 nitrogen and oxygen atoms in total. The molecule has 1 atom stereocenters. The fraction of sp³-hybridized carbons (Fsp3) is 0.364. The lowest BCUT2D eigenvalue weighted by molar-refractivity contribution is -0.143. The highest BCUT2D eigenvalue weighted by Gasteiger charge is 2.27. The smallest absolute Gasteiger partial charge is 0.263 e. The monoisotopic (exact) mass is 398 g/mol. The highest BCUT2D eigenvalue weighted by molar-refractivity contribution is 5.81. The number of hydrogen-bond acceptors (Lipinski definition) is 5. The van der Waals surface area contributed by atoms with Crippen LogP contribution in [-0.4, -0.2) is 65.6 Å². The molecule has 0 aromatic heterocycles. The number of ether oxygens (including phenoxy) is 2. The molecule has 0 spiro atoms. The Morgan fingerprint density at radius 3 is 2.21 bits per heavy atom. The van der Waals surface area contributed by atoms with Crippen molar-refractivity contribution in [1.29, 1.82) is 0 Å². The fourth-order valence-corrected chi connectivity index (χ4v) is 3.14. The largest absolute Gasteiger partial charge is 0.508 e. The Morgan fingerprint density at radius 1 is 0.931 bits per heavy atom. The lowest BCUT2D eigenvalue weighted by Gasteiger charge is -2.36. The highest BCUT2D eigenvalue weighted by Crippen LogP contribution is 2.18. The first-order valence-corrected chi connectivity index (χ1v) is 9.73. The van der Waals surface area contributed by atoms with Crippen molar-refractivity contribution in [2.45, 2.75) is 19.4 Å². The van der Waals surface area contributed by atoms with Gasteiger partial charge in [0.05, 0.1) is 13.0 Å². The Labute approximate surface area is 170 Å². The number of hydrogen-bond donors (Lipinski definition) is 1. The average Bonchev–Trinajstić information content (AvgIpc) is 2.75. The summed E-state index contributed by atoms with van der Waals surface area (Å²) in [7, 11) is 0. The summed E-state index contributed by atoms with van der Waals surface area (Å²) in [5.41, 5.74) is 0. The summed E-state index contributed by atoms with van der Waals surface area (Å²) in [4.78, 5) is 28.5. The van der Waals surface area contributed by atoms with E-state index < -0.39 is 6.10 Å². The first kappa shape index (κ1) is 20.5. The minimum atomic E-state index is -0.638. The van der Waals surface area contributed by atoms with Gasteiger partial charge >= 0.3 is 0 Å². The molecule has 1 fully saturated rings. The van der Waals surface area contributed by atoms with Gasteiger partial charge in [0, 0.05) is 26.2 Å². The van der Waals surface area contributed by atoms with Gasteiger partial charge in [-0.15, -0.1) is 0 Å². The molecule has 0 bridgehead atoms. The molecule has 3 rings (SSSR count). The average molecular weight is 398 g/mol. The number of carbonyl (C=O) groups is 2. The van der Waals surface area contributed by atoms with Crippen molar-refractivity contribution in [3.05, 3.63) is 54.6 Å². The van der Waals surface area contributed by atoms with Gasteiger partial charge in [-0.3, -0.25) is 9.59 Å². The van der Waals surface area contributed by atoms with E-state index in [1.165, 1.54) is 12.1 Å². The molecule has 1 N–H and O–H groups in total. The van der Waals surface area contributed by atoms with Crippen LogP contribution in [0.1, 0.15) is 13.3 Å². The van der Waals surface area contributed by atoms with Crippen molar-refractivity contribution in [3.8, 4) is 17.2 Å². The third-order valence-electron chi connectivity index (χ3n) is 4.77. The van der Waals surface area contributed by atoms with Gasteiger partial charge in [0.2, 0.25) is 5.91 Å². The molecule has 0 aliphatic carbocycles. The van der Waals surface area contributed by atoms with Gasteiger partial charge in [-0.2, -0.15) is 0 Å². The molecule has 1 heterocycles. The predicted octanol–water partition coefficient (Wildman–Crippen LogP) is 2.30. The van der Waals surface area contributed by atoms with Crippen LogP contribution in [0, 0.1) is 0 Å². The number of benzene rings is 2. The Morgan fingerprint density at radius 2 is 1.55 bits per heavy atom. The number of rotatable bonds is 7. The maximum absolute atomic E-state index is 12.6. The summed E-state index contributed by atoms with van der Waals surface area (Å²) < 4.78 is 11.2. The second kappa shape index (κ2) is 9.82. The fourth-order valence-electron chi connectivity index (χ4n) is 3.14. The molecule has 2 aromatic carbocycles. The Hall–Kier alpha value is -3.22. The maximum Gasteiger partial charge on any atom is 0.263 e. The molecule has 1 saturated heterocycles. The zero-order chi connectivity index (χ0) is 20.6. The van der Waals surface area contributed by atoms with Gasteiger partial charge in [0.1, 0.15) is 17.2 Å². The van der Waals surface area contributed by atoms with E-state index in [2.05, 4.69) is 0 Å². The van der Waals surface area contributed by atoms with Gasteiger partial charge in [-0.1, -0.05) is 18.2 Å². The minimum absolute atomic E-state index is 0.0291. The van der Waals surface area contributed by atoms with Crippen molar-refractivity contribution >= 4 is 11.8 Å². The third-order valence-corrected chi connectivity index (χ3v) is 4.77. The molecule has 2 amide bonds. The minimum Gasteiger partial charge on any atom is -0.508 e. The zero-order valence-electron chi connectivity index (χ0n) is 16.5. The summed E-state index contributed by atoms with van der Waals surface area (Å²) in [6.07, 6.45) is -0.329. The van der Waals surface area contributed by atoms with Crippen LogP contribution in [0.5, 0.6) is 17.2 Å². The van der Waals surface area contributed by atoms with E-state index in [0.717, 1.165) is 5.75 Å². The van der Waals surface area contributed by atoms with Gasteiger partial charge < -0.3 is 24.4 Å². The SMILES string of the molecule is CC(Oc1ccc(O)cc1)C(=O)N1CCN(C(=O)CCOc2ccccc2)CC1. The number of piperazine rings is 1. The molecule has 7 heteroatoms. The van der Waals surface area contributed by atoms with Crippen LogP contribution in [0.15, 0.2) is 54.6 Å². The van der Waals surface area contributed by atoms with Crippen LogP contribution < -0.4 is 9.47 Å². The summed E-state index contributed by atoms with van der Waals surface area (Å²) in [5.74, 6) is 1.33. The number of nitrogens with zero attached hydrogens (tertiary/aromatic N) is 2. The molecule has 2 aromatic rings. The van der Waals surface area contributed by atoms with Crippen LogP contribution in [0.3, 0.4) is 0 Å². The second-order valence-corrected chi connectivity index (χ2v) is 6.87. The molecule has 0 saturated carbocycles. The van der Waals surface area contributed by atoms with Gasteiger partial charge in [-0.25, -0.2) is 0 Å². The lowest BCUT2D eigenvalue weighted by atomic mass is 10.2. The Bertz CT molecular complexity index is 802. The molecule has 29 heavy (non-hydrogen) atoms. The molecule has 154 valence electrons. The van der Waals surface area contributed by atoms with E-state index in [1.807, 2.05) is 30.3 Å². The topological polar surface area (TPSA) is 79.3 Å². The Balaban J connectivity index is 1.40. The number of carbonyl (C=O) groups excluding carboxylic acids is 2. The summed E-state index contributed by atoms with van der Waals surface area (Å²) >= 11 is 0. The molecule has 1 aliphatic heterocycles. The summed E-state index contributed by atoms with van der Waals surface area (Å²) in [5, 5.41) is 9.31. The van der Waals surface area contributed by atoms with Gasteiger partial charge in [-0.05, 0) is 43.3 Å². The molecule has 1 unspecified atom stereocenters. The molecular formula is C22H26N2O5. The van der Waals surface area contributed by atoms with Crippen molar-refractivity contribution in [3.63, 3.8) is 0 Å². The molecule has 1 aliphatic rings. The van der Waals surface area contributed by atoms with Crippen molar-refractivity contribution in [2.24, 2.45) is 0 Å². The lowest BCUT2D eigenvalue weighted by Crippen LogP contribution is -2.53. The van der Waals surface area contributed by atoms with Crippen molar-refractivity contribution < 1.29 is 24.2 Å². The zero-order valence-corrected chi connectivity index (χ0v) is 16.5. The van der Waals surface area contributed by atoms with Crippen molar-refractivity contribution in [2.75, 3.05) is 32.8 Å². The summed E-state index contributed by atoms with van der Waals surface area (Å²) in [6.45, 7) is 4.00. The van der Waals surface area contributed by atoms with Gasteiger partial charge in [0.15, 0.2) is 6.10 Å². The number of aromatic hydroxyl groups is 1. The number of phenolic OH excluding ortho intramolecular Hbond substituents is 1. The normalized spacial score (nSPS) is 14.9. The van der Waals surface area contributed by atoms with E-state index in [-0.39, 0.29) is 17.6 Å². The third kappa shape index (κ3) is 5.88. The van der Waals surface area contributed by atoms with Crippen LogP contribution in [0.2, 0.25) is 0 Å². The predicted molar refractivity (Wildman–Crippen MR) is 108 cm³/mol. The van der Waals surface area contributed by atoms with Crippen LogP contribution in [0.25, 0.3) is 0 Å². The standard InChI is InChI=1S/C22H26N2O5/c1-17(29-20-9-7-18(25)8-10-20)22(27)24-14-12-23(13-15-24)21(26)11-16-28-19-5-3-2-4-6-19/h2-10,17,25H,11-16H2,1H3. The highest BCUT2D eigenvalue weighted by atomic mass is 16.5. The number of para-hydroxylation sites is 1. The molecule has 0 radical (unpaired) electrons. The van der Waals surface area contributed by atoms with Gasteiger partial charge in [0.25, 0.3) is 5.91 Å². The number of amides is 2. The molecular weight excluding hydrogens is 372 g/mol. The van der Waals surface area contributed by atoms with Crippen molar-refractivity contribution in [1.82, 2.24) is 9.80 Å². The van der Waals surface area contributed by atoms with Crippen LogP contribution >= 0.6 is 0 Å². The van der Waals surface area contributed by atoms with E-state index in [0.29, 0.717) is 45.0 Å². The van der Waals surface area contributed by atoms with Crippen LogP contribution in [-0.2, 0) is 9.59 Å². The first-order valence-electron chi connectivity index (χ1n) is 9.73. The Kier molecular flexibility index (Phi) is 6.94. The van der Waals surface area contributed by atoms with Crippen LogP contribution in [0.4, 0.5) is 0 Å². The quantitative estimate of drug-likeness (QED) is 0.774. The number of phenols is 1. The van der Waals surface area contributed by atoms with E-state index >= 15 is 0 Å². The maximum atomic E-state index is 12.6. The van der Waals surface area contributed by atoms with E-state index in [1.54, 1.807) is 28.9 Å². The first-order chi connectivity index (χ1) is 14.0. The summed E-state index contributed by atoms with van der Waals surface area (Å²) in [6, 6.07) is 15.7.